The van der Waals surface area contributed by atoms with Gasteiger partial charge in [-0.15, -0.1) is 0 Å². The Morgan fingerprint density at radius 3 is 1.98 bits per heavy atom. The maximum Gasteiger partial charge on any atom is 0.251 e. The van der Waals surface area contributed by atoms with Crippen LogP contribution in [-0.4, -0.2) is 81.0 Å². The molecular formula is C53H66FN7O5. The van der Waals surface area contributed by atoms with Crippen LogP contribution in [0, 0.1) is 16.6 Å². The number of hydrogen-bond acceptors (Lipinski definition) is 7. The van der Waals surface area contributed by atoms with E-state index in [0.29, 0.717) is 16.7 Å². The molecule has 4 aromatic carbocycles. The number of aryl methyl sites for hydroxylation is 1. The first-order chi connectivity index (χ1) is 31.2. The molecule has 1 aliphatic carbocycles. The van der Waals surface area contributed by atoms with Crippen LogP contribution in [0.25, 0.3) is 0 Å². The number of rotatable bonds is 11. The Morgan fingerprint density at radius 2 is 1.33 bits per heavy atom. The molecule has 0 radical (unpaired) electrons. The number of amides is 5. The van der Waals surface area contributed by atoms with Crippen LogP contribution in [0.15, 0.2) is 97.1 Å². The monoisotopic (exact) mass is 900 g/mol. The fraction of sp³-hybridized carbons (Fsp3) is 0.453. The van der Waals surface area contributed by atoms with Crippen molar-refractivity contribution in [1.82, 2.24) is 25.3 Å². The number of halogens is 1. The quantitative estimate of drug-likeness (QED) is 0.133. The summed E-state index contributed by atoms with van der Waals surface area (Å²) < 4.78 is 15.5. The van der Waals surface area contributed by atoms with E-state index in [0.717, 1.165) is 36.0 Å². The second-order valence-corrected chi connectivity index (χ2v) is 20.6. The van der Waals surface area contributed by atoms with Gasteiger partial charge in [-0.1, -0.05) is 120 Å². The molecule has 0 spiro atoms. The molecule has 4 aromatic rings. The third-order valence-electron chi connectivity index (χ3n) is 13.8. The Kier molecular flexibility index (Phi) is 14.2. The van der Waals surface area contributed by atoms with Gasteiger partial charge in [0, 0.05) is 43.2 Å². The molecular weight excluding hydrogens is 834 g/mol. The molecule has 1 saturated heterocycles. The van der Waals surface area contributed by atoms with E-state index < -0.39 is 52.9 Å². The van der Waals surface area contributed by atoms with E-state index in [1.54, 1.807) is 59.2 Å². The van der Waals surface area contributed by atoms with Crippen molar-refractivity contribution in [2.45, 2.75) is 136 Å². The van der Waals surface area contributed by atoms with Crippen LogP contribution in [0.4, 0.5) is 4.39 Å². The number of nitrogens with two attached hydrogens (primary N) is 2. The fourth-order valence-electron chi connectivity index (χ4n) is 9.48. The van der Waals surface area contributed by atoms with Gasteiger partial charge in [-0.3, -0.25) is 24.0 Å². The van der Waals surface area contributed by atoms with Gasteiger partial charge in [0.25, 0.3) is 5.91 Å². The van der Waals surface area contributed by atoms with Crippen molar-refractivity contribution < 1.29 is 28.4 Å². The predicted molar refractivity (Wildman–Crippen MR) is 253 cm³/mol. The summed E-state index contributed by atoms with van der Waals surface area (Å²) >= 11 is 0. The minimum absolute atomic E-state index is 0.0533. The summed E-state index contributed by atoms with van der Waals surface area (Å²) in [5.41, 5.74) is 17.4. The first-order valence-corrected chi connectivity index (χ1v) is 23.2. The minimum Gasteiger partial charge on any atom is -0.347 e. The Bertz CT molecular complexity index is 2440. The summed E-state index contributed by atoms with van der Waals surface area (Å²) in [5.74, 6) is -2.17. The highest BCUT2D eigenvalue weighted by molar-refractivity contribution is 5.95. The van der Waals surface area contributed by atoms with Crippen molar-refractivity contribution in [3.63, 3.8) is 0 Å². The number of fused-ring (bicyclic) bond motifs is 2. The number of nitrogens with zero attached hydrogens (tertiary/aromatic N) is 3. The molecule has 7 atom stereocenters. The van der Waals surface area contributed by atoms with Gasteiger partial charge in [0.15, 0.2) is 0 Å². The van der Waals surface area contributed by atoms with E-state index in [4.69, 9.17) is 11.5 Å². The van der Waals surface area contributed by atoms with Gasteiger partial charge in [-0.2, -0.15) is 0 Å². The van der Waals surface area contributed by atoms with Gasteiger partial charge < -0.3 is 36.8 Å². The normalized spacial score (nSPS) is 20.9. The molecule has 5 amide bonds. The third-order valence-corrected chi connectivity index (χ3v) is 13.8. The topological polar surface area (TPSA) is 171 Å². The lowest BCUT2D eigenvalue weighted by atomic mass is 9.84. The first kappa shape index (κ1) is 48.0. The van der Waals surface area contributed by atoms with Crippen LogP contribution in [-0.2, 0) is 45.1 Å². The highest BCUT2D eigenvalue weighted by Gasteiger charge is 2.45. The summed E-state index contributed by atoms with van der Waals surface area (Å²) in [7, 11) is 0. The zero-order chi connectivity index (χ0) is 47.7. The fourth-order valence-corrected chi connectivity index (χ4v) is 9.48. The number of carbonyl (C=O) groups is 5. The lowest BCUT2D eigenvalue weighted by molar-refractivity contribution is -0.151. The summed E-state index contributed by atoms with van der Waals surface area (Å²) in [6.07, 6.45) is 3.14. The predicted octanol–water partition coefficient (Wildman–Crippen LogP) is 6.51. The highest BCUT2D eigenvalue weighted by atomic mass is 19.1. The smallest absolute Gasteiger partial charge is 0.251 e. The van der Waals surface area contributed by atoms with E-state index in [1.807, 2.05) is 84.0 Å². The van der Waals surface area contributed by atoms with Gasteiger partial charge in [-0.25, -0.2) is 4.39 Å². The molecule has 6 N–H and O–H groups in total. The summed E-state index contributed by atoms with van der Waals surface area (Å²) in [6, 6.07) is 24.1. The van der Waals surface area contributed by atoms with Crippen molar-refractivity contribution in [3.05, 3.63) is 142 Å². The van der Waals surface area contributed by atoms with E-state index in [-0.39, 0.29) is 68.1 Å². The number of benzene rings is 4. The van der Waals surface area contributed by atoms with Crippen molar-refractivity contribution >= 4 is 29.5 Å². The maximum absolute atomic E-state index is 15.5. The second kappa shape index (κ2) is 19.5. The average Bonchev–Trinajstić information content (AvgIpc) is 3.72. The first-order valence-electron chi connectivity index (χ1n) is 23.2. The molecule has 2 aliphatic heterocycles. The van der Waals surface area contributed by atoms with E-state index in [1.165, 1.54) is 16.5 Å². The number of likely N-dealkylation sites (tertiary alicyclic amines) is 1. The highest BCUT2D eigenvalue weighted by Crippen LogP contribution is 2.34. The minimum atomic E-state index is -0.903. The molecule has 0 aromatic heterocycles. The second-order valence-electron chi connectivity index (χ2n) is 20.6. The zero-order valence-corrected chi connectivity index (χ0v) is 39.4. The van der Waals surface area contributed by atoms with Crippen molar-refractivity contribution in [2.75, 3.05) is 6.54 Å². The Morgan fingerprint density at radius 1 is 0.742 bits per heavy atom. The molecule has 0 bridgehead atoms. The molecule has 2 heterocycles. The van der Waals surface area contributed by atoms with Gasteiger partial charge in [0.2, 0.25) is 23.6 Å². The van der Waals surface area contributed by atoms with Crippen LogP contribution in [0.1, 0.15) is 124 Å². The summed E-state index contributed by atoms with van der Waals surface area (Å²) in [5, 5.41) is 6.28. The van der Waals surface area contributed by atoms with Crippen LogP contribution in [0.2, 0.25) is 0 Å². The summed E-state index contributed by atoms with van der Waals surface area (Å²) in [6.45, 7) is 13.5. The third kappa shape index (κ3) is 10.4. The van der Waals surface area contributed by atoms with Gasteiger partial charge in [0.05, 0.1) is 24.2 Å². The standard InChI is InChI=1S/C53H66FN7O5/c1-32(39-19-12-13-21-41(39)54)59(49(64)44-27-36-16-8-9-17-37(36)30-60(44)50(65)45(55)52(2,3)4)29-33-23-25-35(26-24-33)47(62)57-38-28-43(61(31-38)51(66)46(56)53(5,6)7)48(63)58-42-22-14-18-34-15-10-11-20-40(34)42/h8-13,15-17,19-21,23-26,32,38,42-46H,14,18,22,27-31,55-56H2,1-7H3,(H,57,62)(H,58,63)/t32-,38+,42-,43+,44+,45-,46-/m1/s1. The average molecular weight is 900 g/mol. The van der Waals surface area contributed by atoms with Gasteiger partial charge in [0.1, 0.15) is 17.9 Å². The molecule has 13 heteroatoms. The molecule has 0 unspecified atom stereocenters. The van der Waals surface area contributed by atoms with E-state index in [2.05, 4.69) is 16.7 Å². The molecule has 1 fully saturated rings. The molecule has 7 rings (SSSR count). The van der Waals surface area contributed by atoms with Gasteiger partial charge >= 0.3 is 0 Å². The molecule has 0 saturated carbocycles. The zero-order valence-electron chi connectivity index (χ0n) is 39.4. The SMILES string of the molecule is C[C@H](c1ccccc1F)N(Cc1ccc(C(=O)N[C@H]2C[C@@H](C(=O)N[C@@H]3CCCc4ccccc43)N(C(=O)[C@@H](N)C(C)(C)C)C2)cc1)C(=O)[C@@H]1Cc2ccccc2CN1C(=O)[C@@H](N)C(C)(C)C. The Labute approximate surface area is 388 Å². The summed E-state index contributed by atoms with van der Waals surface area (Å²) in [4.78, 5) is 75.8. The van der Waals surface area contributed by atoms with E-state index in [9.17, 15) is 19.2 Å². The van der Waals surface area contributed by atoms with Crippen LogP contribution < -0.4 is 22.1 Å². The lowest BCUT2D eigenvalue weighted by Gasteiger charge is -2.42. The Balaban J connectivity index is 1.11. The molecule has 350 valence electrons. The molecule has 66 heavy (non-hydrogen) atoms. The van der Waals surface area contributed by atoms with Crippen molar-refractivity contribution in [3.8, 4) is 0 Å². The van der Waals surface area contributed by atoms with E-state index >= 15 is 9.18 Å². The van der Waals surface area contributed by atoms with Crippen molar-refractivity contribution in [1.29, 1.82) is 0 Å². The molecule has 3 aliphatic rings. The maximum atomic E-state index is 15.5. The number of nitrogens with one attached hydrogen (secondary N) is 2. The molecule has 12 nitrogen and oxygen atoms in total. The number of carbonyl (C=O) groups excluding carboxylic acids is 5. The van der Waals surface area contributed by atoms with Crippen LogP contribution in [0.5, 0.6) is 0 Å². The Hall–Kier alpha value is -5.92. The number of hydrogen-bond donors (Lipinski definition) is 4. The lowest BCUT2D eigenvalue weighted by Crippen LogP contribution is -2.59. The van der Waals surface area contributed by atoms with Gasteiger partial charge in [-0.05, 0) is 89.5 Å². The van der Waals surface area contributed by atoms with Crippen LogP contribution in [0.3, 0.4) is 0 Å². The largest absolute Gasteiger partial charge is 0.347 e. The van der Waals surface area contributed by atoms with Crippen LogP contribution >= 0.6 is 0 Å². The van der Waals surface area contributed by atoms with Crippen molar-refractivity contribution in [2.24, 2.45) is 22.3 Å².